The maximum atomic E-state index is 13.2. The van der Waals surface area contributed by atoms with Gasteiger partial charge in [0.05, 0.1) is 6.20 Å². The third-order valence-electron chi connectivity index (χ3n) is 6.86. The highest BCUT2D eigenvalue weighted by Crippen LogP contribution is 2.50. The highest BCUT2D eigenvalue weighted by molar-refractivity contribution is 7.99. The molecule has 7 nitrogen and oxygen atoms in total. The van der Waals surface area contributed by atoms with E-state index in [1.807, 2.05) is 0 Å². The number of rotatable bonds is 4. The molecule has 1 atom stereocenters. The molecule has 1 aliphatic heterocycles. The number of H-pyrrole nitrogens is 1. The zero-order valence-electron chi connectivity index (χ0n) is 17.4. The van der Waals surface area contributed by atoms with E-state index in [1.54, 1.807) is 0 Å². The van der Waals surface area contributed by atoms with Crippen molar-refractivity contribution in [1.82, 2.24) is 24.9 Å². The molecule has 32 heavy (non-hydrogen) atoms. The molecule has 2 aliphatic rings. The third-order valence-corrected chi connectivity index (χ3v) is 7.82. The lowest BCUT2D eigenvalue weighted by Gasteiger charge is -2.43. The van der Waals surface area contributed by atoms with E-state index < -0.39 is 11.9 Å². The Morgan fingerprint density at radius 3 is 2.75 bits per heavy atom. The number of fused-ring (bicyclic) bond motifs is 1. The summed E-state index contributed by atoms with van der Waals surface area (Å²) in [5.74, 6) is 1.31. The van der Waals surface area contributed by atoms with E-state index in [2.05, 4.69) is 29.8 Å². The molecular weight excluding hydrogens is 439 g/mol. The molecule has 5 rings (SSSR count). The monoisotopic (exact) mass is 463 g/mol. The van der Waals surface area contributed by atoms with Crippen LogP contribution >= 0.6 is 11.8 Å². The van der Waals surface area contributed by atoms with Gasteiger partial charge in [-0.2, -0.15) is 18.2 Å². The first kappa shape index (κ1) is 21.4. The summed E-state index contributed by atoms with van der Waals surface area (Å²) in [6, 6.07) is 2.85. The van der Waals surface area contributed by atoms with Crippen LogP contribution in [0.3, 0.4) is 0 Å². The Labute approximate surface area is 187 Å². The van der Waals surface area contributed by atoms with Gasteiger partial charge in [-0.1, -0.05) is 18.2 Å². The van der Waals surface area contributed by atoms with Gasteiger partial charge in [-0.3, -0.25) is 4.98 Å². The minimum atomic E-state index is -4.53. The number of nitrogens with one attached hydrogen (secondary N) is 1. The van der Waals surface area contributed by atoms with E-state index in [0.29, 0.717) is 33.6 Å². The summed E-state index contributed by atoms with van der Waals surface area (Å²) >= 11 is 0.887. The summed E-state index contributed by atoms with van der Waals surface area (Å²) in [4.78, 5) is 22.2. The van der Waals surface area contributed by atoms with Crippen molar-refractivity contribution < 1.29 is 13.2 Å². The lowest BCUT2D eigenvalue weighted by Crippen LogP contribution is -2.44. The number of aromatic amines is 1. The molecule has 1 saturated heterocycles. The Morgan fingerprint density at radius 2 is 2.00 bits per heavy atom. The van der Waals surface area contributed by atoms with Crippen molar-refractivity contribution in [3.05, 3.63) is 30.2 Å². The molecule has 0 radical (unpaired) electrons. The number of aromatic nitrogens is 5. The van der Waals surface area contributed by atoms with Gasteiger partial charge in [-0.15, -0.1) is 0 Å². The average molecular weight is 464 g/mol. The maximum Gasteiger partial charge on any atom is 0.434 e. The second-order valence-electron chi connectivity index (χ2n) is 8.57. The Morgan fingerprint density at radius 1 is 1.19 bits per heavy atom. The van der Waals surface area contributed by atoms with Crippen LogP contribution in [0.25, 0.3) is 11.3 Å². The van der Waals surface area contributed by atoms with Crippen molar-refractivity contribution in [3.8, 4) is 0 Å². The summed E-state index contributed by atoms with van der Waals surface area (Å²) in [6.45, 7) is 2.54. The predicted octanol–water partition coefficient (Wildman–Crippen LogP) is 4.26. The van der Waals surface area contributed by atoms with Crippen molar-refractivity contribution >= 4 is 29.0 Å². The Kier molecular flexibility index (Phi) is 5.48. The first-order valence-electron chi connectivity index (χ1n) is 10.8. The number of imidazole rings is 1. The molecule has 3 N–H and O–H groups in total. The highest BCUT2D eigenvalue weighted by atomic mass is 32.2. The molecule has 3 aromatic rings. The van der Waals surface area contributed by atoms with Crippen LogP contribution in [-0.2, 0) is 6.18 Å². The molecule has 1 unspecified atom stereocenters. The van der Waals surface area contributed by atoms with Gasteiger partial charge in [0.2, 0.25) is 5.95 Å². The molecule has 0 bridgehead atoms. The Balaban J connectivity index is 1.33. The number of halogens is 3. The van der Waals surface area contributed by atoms with Gasteiger partial charge in [-0.25, -0.2) is 9.97 Å². The van der Waals surface area contributed by atoms with Crippen molar-refractivity contribution in [3.63, 3.8) is 0 Å². The zero-order valence-corrected chi connectivity index (χ0v) is 18.2. The largest absolute Gasteiger partial charge is 0.434 e. The van der Waals surface area contributed by atoms with Gasteiger partial charge in [0.25, 0.3) is 0 Å². The number of alkyl halides is 3. The van der Waals surface area contributed by atoms with E-state index in [1.165, 1.54) is 37.6 Å². The van der Waals surface area contributed by atoms with Gasteiger partial charge in [-0.05, 0) is 55.7 Å². The van der Waals surface area contributed by atoms with Crippen LogP contribution in [0.4, 0.5) is 19.1 Å². The fourth-order valence-corrected chi connectivity index (χ4v) is 6.04. The number of nitrogens with two attached hydrogens (primary N) is 1. The summed E-state index contributed by atoms with van der Waals surface area (Å²) in [5.41, 5.74) is 6.36. The number of hydrogen-bond acceptors (Lipinski definition) is 7. The van der Waals surface area contributed by atoms with E-state index >= 15 is 0 Å². The summed E-state index contributed by atoms with van der Waals surface area (Å²) in [7, 11) is 0. The number of hydrogen-bond donors (Lipinski definition) is 2. The molecule has 0 aromatic carbocycles. The normalized spacial score (nSPS) is 21.0. The van der Waals surface area contributed by atoms with Crippen molar-refractivity contribution in [2.75, 3.05) is 24.5 Å². The minimum Gasteiger partial charge on any atom is -0.342 e. The molecule has 1 saturated carbocycles. The van der Waals surface area contributed by atoms with Gasteiger partial charge >= 0.3 is 6.18 Å². The summed E-state index contributed by atoms with van der Waals surface area (Å²) in [6.07, 6.45) is 3.96. The number of pyridine rings is 1. The van der Waals surface area contributed by atoms with E-state index in [4.69, 9.17) is 5.73 Å². The van der Waals surface area contributed by atoms with Gasteiger partial charge in [0.15, 0.2) is 17.0 Å². The number of anilines is 1. The molecule has 1 aliphatic carbocycles. The van der Waals surface area contributed by atoms with Crippen LogP contribution < -0.4 is 10.6 Å². The van der Waals surface area contributed by atoms with Gasteiger partial charge < -0.3 is 15.6 Å². The fourth-order valence-electron chi connectivity index (χ4n) is 5.16. The quantitative estimate of drug-likeness (QED) is 0.597. The SMILES string of the molecule is NCC1CCCC12CCN(c1nc3ncc(Sc4cccnc4C(F)(F)F)nc3[nH]1)CC2. The minimum absolute atomic E-state index is 0.0132. The average Bonchev–Trinajstić information content (AvgIpc) is 3.37. The fraction of sp³-hybridized carbons (Fsp3) is 0.524. The van der Waals surface area contributed by atoms with Crippen LogP contribution in [0, 0.1) is 11.3 Å². The lowest BCUT2D eigenvalue weighted by molar-refractivity contribution is -0.143. The molecule has 3 aromatic heterocycles. The Bertz CT molecular complexity index is 1110. The summed E-state index contributed by atoms with van der Waals surface area (Å²) in [5, 5.41) is 0.348. The molecule has 0 amide bonds. The number of piperidine rings is 1. The standard InChI is InChI=1S/C21H24F3N7S/c22-21(23,24)16-14(4-2-8-26-16)32-15-12-27-17-18(28-15)30-19(29-17)31-9-6-20(7-10-31)5-1-3-13(20)11-25/h2,4,8,12-13H,1,3,5-7,9-11,25H2,(H,27,28,29,30). The molecule has 170 valence electrons. The van der Waals surface area contributed by atoms with Crippen molar-refractivity contribution in [2.45, 2.75) is 48.2 Å². The first-order valence-corrected chi connectivity index (χ1v) is 11.6. The maximum absolute atomic E-state index is 13.2. The molecule has 4 heterocycles. The van der Waals surface area contributed by atoms with Crippen LogP contribution in [0.2, 0.25) is 0 Å². The predicted molar refractivity (Wildman–Crippen MR) is 115 cm³/mol. The van der Waals surface area contributed by atoms with Crippen LogP contribution in [-0.4, -0.2) is 44.6 Å². The third kappa shape index (κ3) is 3.92. The van der Waals surface area contributed by atoms with Crippen molar-refractivity contribution in [1.29, 1.82) is 0 Å². The van der Waals surface area contributed by atoms with E-state index in [-0.39, 0.29) is 4.90 Å². The highest BCUT2D eigenvalue weighted by Gasteiger charge is 2.44. The van der Waals surface area contributed by atoms with E-state index in [0.717, 1.165) is 50.4 Å². The van der Waals surface area contributed by atoms with Crippen molar-refractivity contribution in [2.24, 2.45) is 17.1 Å². The van der Waals surface area contributed by atoms with Crippen LogP contribution in [0.1, 0.15) is 37.8 Å². The lowest BCUT2D eigenvalue weighted by atomic mass is 9.70. The Hall–Kier alpha value is -2.40. The van der Waals surface area contributed by atoms with Crippen LogP contribution in [0.5, 0.6) is 0 Å². The molecular formula is C21H24F3N7S. The zero-order chi connectivity index (χ0) is 22.3. The molecule has 11 heteroatoms. The van der Waals surface area contributed by atoms with Crippen LogP contribution in [0.15, 0.2) is 34.4 Å². The van der Waals surface area contributed by atoms with Gasteiger partial charge in [0, 0.05) is 24.2 Å². The number of nitrogens with zero attached hydrogens (tertiary/aromatic N) is 5. The second kappa shape index (κ2) is 8.18. The molecule has 2 fully saturated rings. The smallest absolute Gasteiger partial charge is 0.342 e. The molecule has 1 spiro atoms. The van der Waals surface area contributed by atoms with Gasteiger partial charge in [0.1, 0.15) is 5.03 Å². The first-order chi connectivity index (χ1) is 15.4. The summed E-state index contributed by atoms with van der Waals surface area (Å²) < 4.78 is 39.7. The second-order valence-corrected chi connectivity index (χ2v) is 9.63. The van der Waals surface area contributed by atoms with E-state index in [9.17, 15) is 13.2 Å². The topological polar surface area (TPSA) is 96.6 Å².